The number of benzene rings is 1. The van der Waals surface area contributed by atoms with Crippen LogP contribution in [0.4, 0.5) is 0 Å². The van der Waals surface area contributed by atoms with Gasteiger partial charge in [-0.1, -0.05) is 30.3 Å². The number of nitrogens with zero attached hydrogens (tertiary/aromatic N) is 2. The van der Waals surface area contributed by atoms with Gasteiger partial charge in [0, 0.05) is 5.69 Å². The van der Waals surface area contributed by atoms with Gasteiger partial charge in [0.1, 0.15) is 12.4 Å². The summed E-state index contributed by atoms with van der Waals surface area (Å²) < 4.78 is 2.12. The first-order valence-electron chi connectivity index (χ1n) is 9.11. The van der Waals surface area contributed by atoms with E-state index in [1.807, 2.05) is 25.1 Å². The second kappa shape index (κ2) is 6.42. The minimum Gasteiger partial charge on any atom is -0.347 e. The predicted octanol–water partition coefficient (Wildman–Crippen LogP) is 3.34. The number of nitrogens with one attached hydrogen (secondary N) is 1. The molecule has 1 unspecified atom stereocenters. The number of aromatic nitrogens is 2. The van der Waals surface area contributed by atoms with Crippen molar-refractivity contribution < 1.29 is 4.79 Å². The van der Waals surface area contributed by atoms with Crippen molar-refractivity contribution in [1.82, 2.24) is 14.9 Å². The largest absolute Gasteiger partial charge is 0.347 e. The highest BCUT2D eigenvalue weighted by atomic mass is 16.2. The second-order valence-electron chi connectivity index (χ2n) is 7.14. The molecule has 24 heavy (non-hydrogen) atoms. The Kier molecular flexibility index (Phi) is 4.13. The minimum atomic E-state index is 0.102. The number of hydrogen-bond acceptors (Lipinski definition) is 2. The van der Waals surface area contributed by atoms with Crippen molar-refractivity contribution in [2.24, 2.45) is 5.92 Å². The van der Waals surface area contributed by atoms with Gasteiger partial charge in [-0.3, -0.25) is 4.79 Å². The number of carbonyl (C=O) groups excluding carboxylic acids is 1. The molecule has 1 heterocycles. The van der Waals surface area contributed by atoms with Crippen LogP contribution in [0.25, 0.3) is 0 Å². The molecule has 1 atom stereocenters. The van der Waals surface area contributed by atoms with Crippen molar-refractivity contribution in [3.05, 3.63) is 53.1 Å². The zero-order chi connectivity index (χ0) is 16.5. The first-order chi connectivity index (χ1) is 11.7. The first kappa shape index (κ1) is 15.4. The molecule has 0 bridgehead atoms. The Morgan fingerprint density at radius 2 is 2.00 bits per heavy atom. The quantitative estimate of drug-likeness (QED) is 0.917. The lowest BCUT2D eigenvalue weighted by Crippen LogP contribution is -2.33. The average Bonchev–Trinajstić information content (AvgIpc) is 3.39. The molecular formula is C20H25N3O. The molecule has 0 spiro atoms. The second-order valence-corrected chi connectivity index (χ2v) is 7.14. The molecule has 2 aromatic rings. The molecule has 0 radical (unpaired) electrons. The van der Waals surface area contributed by atoms with E-state index in [-0.39, 0.29) is 11.9 Å². The monoisotopic (exact) mass is 323 g/mol. The third-order valence-corrected chi connectivity index (χ3v) is 5.29. The molecule has 1 aromatic heterocycles. The van der Waals surface area contributed by atoms with Crippen molar-refractivity contribution in [1.29, 1.82) is 0 Å². The van der Waals surface area contributed by atoms with Gasteiger partial charge in [-0.25, -0.2) is 4.98 Å². The summed E-state index contributed by atoms with van der Waals surface area (Å²) in [7, 11) is 0. The van der Waals surface area contributed by atoms with E-state index in [2.05, 4.69) is 27.0 Å². The van der Waals surface area contributed by atoms with Crippen LogP contribution in [0.5, 0.6) is 0 Å². The third kappa shape index (κ3) is 3.10. The van der Waals surface area contributed by atoms with E-state index in [1.165, 1.54) is 42.6 Å². The fourth-order valence-electron chi connectivity index (χ4n) is 3.87. The maximum atomic E-state index is 12.7. The molecule has 1 amide bonds. The average molecular weight is 323 g/mol. The van der Waals surface area contributed by atoms with Gasteiger partial charge in [-0.15, -0.1) is 0 Å². The van der Waals surface area contributed by atoms with Crippen molar-refractivity contribution in [2.75, 3.05) is 0 Å². The van der Waals surface area contributed by atoms with Gasteiger partial charge in [-0.05, 0) is 56.9 Å². The number of amides is 1. The van der Waals surface area contributed by atoms with Crippen molar-refractivity contribution in [2.45, 2.75) is 58.0 Å². The van der Waals surface area contributed by atoms with E-state index in [0.717, 1.165) is 18.7 Å². The molecule has 1 fully saturated rings. The van der Waals surface area contributed by atoms with Crippen LogP contribution >= 0.6 is 0 Å². The van der Waals surface area contributed by atoms with Gasteiger partial charge in [0.05, 0.1) is 11.7 Å². The van der Waals surface area contributed by atoms with Gasteiger partial charge >= 0.3 is 0 Å². The number of imidazole rings is 1. The van der Waals surface area contributed by atoms with E-state index in [1.54, 1.807) is 0 Å². The van der Waals surface area contributed by atoms with E-state index in [0.29, 0.717) is 12.5 Å². The summed E-state index contributed by atoms with van der Waals surface area (Å²) in [5.74, 6) is 1.67. The standard InChI is InChI=1S/C20H25N3O/c1-14-21-17-9-5-6-10-18(17)23(14)13-19(24)22-20(16-11-12-16)15-7-3-2-4-8-15/h2-4,7-8,16,20H,5-6,9-13H2,1H3,(H,22,24). The molecule has 4 rings (SSSR count). The van der Waals surface area contributed by atoms with Gasteiger partial charge in [0.2, 0.25) is 5.91 Å². The van der Waals surface area contributed by atoms with E-state index in [4.69, 9.17) is 0 Å². The first-order valence-corrected chi connectivity index (χ1v) is 9.11. The van der Waals surface area contributed by atoms with Gasteiger partial charge < -0.3 is 9.88 Å². The van der Waals surface area contributed by atoms with Gasteiger partial charge in [0.25, 0.3) is 0 Å². The highest BCUT2D eigenvalue weighted by Gasteiger charge is 2.33. The number of rotatable bonds is 5. The number of carbonyl (C=O) groups is 1. The molecule has 4 heteroatoms. The van der Waals surface area contributed by atoms with Crippen LogP contribution < -0.4 is 5.32 Å². The summed E-state index contributed by atoms with van der Waals surface area (Å²) in [6.07, 6.45) is 6.94. The molecule has 1 saturated carbocycles. The molecule has 0 saturated heterocycles. The predicted molar refractivity (Wildman–Crippen MR) is 93.7 cm³/mol. The summed E-state index contributed by atoms with van der Waals surface area (Å²) in [6, 6.07) is 10.5. The fraction of sp³-hybridized carbons (Fsp3) is 0.500. The Hall–Kier alpha value is -2.10. The summed E-state index contributed by atoms with van der Waals surface area (Å²) in [5.41, 5.74) is 3.70. The minimum absolute atomic E-state index is 0.102. The lowest BCUT2D eigenvalue weighted by Gasteiger charge is -2.20. The number of fused-ring (bicyclic) bond motifs is 1. The summed E-state index contributed by atoms with van der Waals surface area (Å²) in [5, 5.41) is 3.28. The Balaban J connectivity index is 1.49. The van der Waals surface area contributed by atoms with Crippen LogP contribution in [-0.2, 0) is 24.2 Å². The molecule has 0 aliphatic heterocycles. The number of hydrogen-bond donors (Lipinski definition) is 1. The molecule has 2 aliphatic rings. The molecule has 1 N–H and O–H groups in total. The van der Waals surface area contributed by atoms with Crippen LogP contribution in [0.2, 0.25) is 0 Å². The van der Waals surface area contributed by atoms with Crippen LogP contribution in [-0.4, -0.2) is 15.5 Å². The Morgan fingerprint density at radius 3 is 2.75 bits per heavy atom. The van der Waals surface area contributed by atoms with E-state index < -0.39 is 0 Å². The molecule has 2 aliphatic carbocycles. The van der Waals surface area contributed by atoms with Crippen molar-refractivity contribution in [3.63, 3.8) is 0 Å². The van der Waals surface area contributed by atoms with Crippen molar-refractivity contribution >= 4 is 5.91 Å². The van der Waals surface area contributed by atoms with Crippen molar-refractivity contribution in [3.8, 4) is 0 Å². The lowest BCUT2D eigenvalue weighted by molar-refractivity contribution is -0.122. The SMILES string of the molecule is Cc1nc2c(n1CC(=O)NC(c1ccccc1)C1CC1)CCCC2. The molecule has 4 nitrogen and oxygen atoms in total. The smallest absolute Gasteiger partial charge is 0.240 e. The van der Waals surface area contributed by atoms with Crippen LogP contribution in [0, 0.1) is 12.8 Å². The lowest BCUT2D eigenvalue weighted by atomic mass is 10.0. The zero-order valence-corrected chi connectivity index (χ0v) is 14.3. The van der Waals surface area contributed by atoms with Crippen LogP contribution in [0.1, 0.15) is 54.5 Å². The van der Waals surface area contributed by atoms with Gasteiger partial charge in [-0.2, -0.15) is 0 Å². The maximum Gasteiger partial charge on any atom is 0.240 e. The zero-order valence-electron chi connectivity index (χ0n) is 14.3. The topological polar surface area (TPSA) is 46.9 Å². The van der Waals surface area contributed by atoms with Gasteiger partial charge in [0.15, 0.2) is 0 Å². The number of aryl methyl sites for hydroxylation is 2. The molecule has 1 aromatic carbocycles. The Labute approximate surface area is 143 Å². The van der Waals surface area contributed by atoms with E-state index in [9.17, 15) is 4.79 Å². The summed E-state index contributed by atoms with van der Waals surface area (Å²) in [4.78, 5) is 17.4. The van der Waals surface area contributed by atoms with Crippen LogP contribution in [0.3, 0.4) is 0 Å². The maximum absolute atomic E-state index is 12.7. The highest BCUT2D eigenvalue weighted by Crippen LogP contribution is 2.40. The fourth-order valence-corrected chi connectivity index (χ4v) is 3.87. The summed E-state index contributed by atoms with van der Waals surface area (Å²) >= 11 is 0. The normalized spacial score (nSPS) is 18.0. The Bertz CT molecular complexity index is 731. The highest BCUT2D eigenvalue weighted by molar-refractivity contribution is 5.76. The third-order valence-electron chi connectivity index (χ3n) is 5.29. The van der Waals surface area contributed by atoms with Crippen LogP contribution in [0.15, 0.2) is 30.3 Å². The molecular weight excluding hydrogens is 298 g/mol. The Morgan fingerprint density at radius 1 is 1.25 bits per heavy atom. The summed E-state index contributed by atoms with van der Waals surface area (Å²) in [6.45, 7) is 2.41. The molecule has 126 valence electrons. The van der Waals surface area contributed by atoms with E-state index >= 15 is 0 Å².